The van der Waals surface area contributed by atoms with Gasteiger partial charge in [0.15, 0.2) is 0 Å². The van der Waals surface area contributed by atoms with E-state index in [4.69, 9.17) is 4.74 Å². The van der Waals surface area contributed by atoms with E-state index < -0.39 is 0 Å². The molecule has 15 heavy (non-hydrogen) atoms. The van der Waals surface area contributed by atoms with E-state index in [1.54, 1.807) is 19.5 Å². The first kappa shape index (κ1) is 14.1. The molecule has 2 nitrogen and oxygen atoms in total. The molecule has 1 aromatic heterocycles. The molecule has 86 valence electrons. The highest BCUT2D eigenvalue weighted by molar-refractivity contribution is 4.88. The third-order valence-corrected chi connectivity index (χ3v) is 2.48. The van der Waals surface area contributed by atoms with Crippen LogP contribution in [-0.2, 0) is 4.74 Å². The quantitative estimate of drug-likeness (QED) is 0.756. The van der Waals surface area contributed by atoms with Crippen molar-refractivity contribution < 1.29 is 4.74 Å². The van der Waals surface area contributed by atoms with Crippen molar-refractivity contribution in [2.45, 2.75) is 39.7 Å². The van der Waals surface area contributed by atoms with Crippen molar-refractivity contribution in [2.24, 2.45) is 5.92 Å². The number of ether oxygens (including phenoxy) is 1. The van der Waals surface area contributed by atoms with Gasteiger partial charge in [-0.25, -0.2) is 0 Å². The highest BCUT2D eigenvalue weighted by Crippen LogP contribution is 2.11. The average molecular weight is 209 g/mol. The molecule has 0 radical (unpaired) electrons. The summed E-state index contributed by atoms with van der Waals surface area (Å²) >= 11 is 0. The van der Waals surface area contributed by atoms with E-state index in [2.05, 4.69) is 25.8 Å². The molecular formula is C13H23NO. The van der Waals surface area contributed by atoms with Gasteiger partial charge in [0.1, 0.15) is 0 Å². The van der Waals surface area contributed by atoms with Gasteiger partial charge in [-0.1, -0.05) is 26.3 Å². The number of hydrogen-bond acceptors (Lipinski definition) is 2. The molecule has 0 amide bonds. The Labute approximate surface area is 93.7 Å². The molecule has 0 saturated heterocycles. The summed E-state index contributed by atoms with van der Waals surface area (Å²) in [6.07, 6.45) is 6.45. The number of pyridine rings is 1. The van der Waals surface area contributed by atoms with Gasteiger partial charge in [0.05, 0.1) is 6.10 Å². The Morgan fingerprint density at radius 3 is 2.00 bits per heavy atom. The van der Waals surface area contributed by atoms with Crippen molar-refractivity contribution in [2.75, 3.05) is 7.11 Å². The molecule has 0 spiro atoms. The Bertz CT molecular complexity index is 186. The van der Waals surface area contributed by atoms with E-state index in [1.807, 2.05) is 18.2 Å². The first-order valence-electron chi connectivity index (χ1n) is 5.60. The summed E-state index contributed by atoms with van der Waals surface area (Å²) in [4.78, 5) is 3.78. The Hall–Kier alpha value is -0.890. The first-order valence-corrected chi connectivity index (χ1v) is 5.60. The van der Waals surface area contributed by atoms with Gasteiger partial charge < -0.3 is 4.74 Å². The van der Waals surface area contributed by atoms with Gasteiger partial charge in [-0.05, 0) is 31.4 Å². The molecule has 0 aliphatic rings. The Morgan fingerprint density at radius 1 is 1.13 bits per heavy atom. The largest absolute Gasteiger partial charge is 0.381 e. The maximum atomic E-state index is 5.16. The number of aromatic nitrogens is 1. The minimum atomic E-state index is 0.421. The summed E-state index contributed by atoms with van der Waals surface area (Å²) in [5, 5.41) is 0. The zero-order chi connectivity index (χ0) is 11.5. The van der Waals surface area contributed by atoms with Crippen LogP contribution < -0.4 is 0 Å². The van der Waals surface area contributed by atoms with E-state index >= 15 is 0 Å². The van der Waals surface area contributed by atoms with E-state index in [9.17, 15) is 0 Å². The van der Waals surface area contributed by atoms with Gasteiger partial charge in [-0.2, -0.15) is 0 Å². The van der Waals surface area contributed by atoms with Crippen LogP contribution in [0.3, 0.4) is 0 Å². The number of rotatable bonds is 4. The zero-order valence-corrected chi connectivity index (χ0v) is 10.3. The van der Waals surface area contributed by atoms with Gasteiger partial charge in [0.25, 0.3) is 0 Å². The molecular weight excluding hydrogens is 186 g/mol. The molecule has 0 bridgehead atoms. The van der Waals surface area contributed by atoms with Crippen LogP contribution in [-0.4, -0.2) is 18.2 Å². The fourth-order valence-corrected chi connectivity index (χ4v) is 1.23. The minimum Gasteiger partial charge on any atom is -0.381 e. The summed E-state index contributed by atoms with van der Waals surface area (Å²) in [6.45, 7) is 6.57. The van der Waals surface area contributed by atoms with Crippen LogP contribution in [0, 0.1) is 5.92 Å². The van der Waals surface area contributed by atoms with Crippen molar-refractivity contribution in [1.82, 2.24) is 4.98 Å². The Morgan fingerprint density at radius 2 is 1.73 bits per heavy atom. The second kappa shape index (κ2) is 9.66. The van der Waals surface area contributed by atoms with Crippen LogP contribution in [0.2, 0.25) is 0 Å². The Balaban J connectivity index is 0.000000280. The lowest BCUT2D eigenvalue weighted by Crippen LogP contribution is -2.15. The van der Waals surface area contributed by atoms with Gasteiger partial charge >= 0.3 is 0 Å². The monoisotopic (exact) mass is 209 g/mol. The highest BCUT2D eigenvalue weighted by Gasteiger charge is 2.08. The standard InChI is InChI=1S/C8H18O.C5H5N/c1-5-6-7(2)8(3)9-4;1-2-4-6-5-3-1/h7-8H,5-6H2,1-4H3;1-5H. The van der Waals surface area contributed by atoms with Crippen LogP contribution in [0.25, 0.3) is 0 Å². The van der Waals surface area contributed by atoms with Crippen LogP contribution in [0.15, 0.2) is 30.6 Å². The highest BCUT2D eigenvalue weighted by atomic mass is 16.5. The maximum absolute atomic E-state index is 5.16. The molecule has 2 atom stereocenters. The predicted molar refractivity (Wildman–Crippen MR) is 64.8 cm³/mol. The van der Waals surface area contributed by atoms with Crippen molar-refractivity contribution in [1.29, 1.82) is 0 Å². The van der Waals surface area contributed by atoms with Crippen LogP contribution >= 0.6 is 0 Å². The number of hydrogen-bond donors (Lipinski definition) is 0. The fourth-order valence-electron chi connectivity index (χ4n) is 1.23. The zero-order valence-electron chi connectivity index (χ0n) is 10.3. The summed E-state index contributed by atoms with van der Waals surface area (Å²) in [6, 6.07) is 5.72. The predicted octanol–water partition coefficient (Wildman–Crippen LogP) is 3.54. The molecule has 0 fully saturated rings. The van der Waals surface area contributed by atoms with Crippen molar-refractivity contribution in [3.63, 3.8) is 0 Å². The lowest BCUT2D eigenvalue weighted by atomic mass is 10.0. The van der Waals surface area contributed by atoms with Crippen molar-refractivity contribution in [3.8, 4) is 0 Å². The van der Waals surface area contributed by atoms with Gasteiger partial charge in [0, 0.05) is 19.5 Å². The summed E-state index contributed by atoms with van der Waals surface area (Å²) in [5.74, 6) is 0.708. The molecule has 2 heteroatoms. The molecule has 0 aliphatic heterocycles. The van der Waals surface area contributed by atoms with Gasteiger partial charge in [-0.15, -0.1) is 0 Å². The smallest absolute Gasteiger partial charge is 0.0568 e. The number of methoxy groups -OCH3 is 1. The Kier molecular flexibility index (Phi) is 9.08. The maximum Gasteiger partial charge on any atom is 0.0568 e. The molecule has 1 aromatic rings. The van der Waals surface area contributed by atoms with Crippen LogP contribution in [0.4, 0.5) is 0 Å². The topological polar surface area (TPSA) is 22.1 Å². The van der Waals surface area contributed by atoms with E-state index in [0.717, 1.165) is 0 Å². The number of nitrogens with zero attached hydrogens (tertiary/aromatic N) is 1. The first-order chi connectivity index (χ1) is 7.22. The second-order valence-corrected chi connectivity index (χ2v) is 3.73. The van der Waals surface area contributed by atoms with Crippen LogP contribution in [0.5, 0.6) is 0 Å². The normalized spacial score (nSPS) is 13.6. The third kappa shape index (κ3) is 8.13. The van der Waals surface area contributed by atoms with E-state index in [1.165, 1.54) is 12.8 Å². The fraction of sp³-hybridized carbons (Fsp3) is 0.615. The molecule has 0 N–H and O–H groups in total. The molecule has 2 unspecified atom stereocenters. The van der Waals surface area contributed by atoms with Gasteiger partial charge in [-0.3, -0.25) is 4.98 Å². The van der Waals surface area contributed by atoms with Crippen LogP contribution in [0.1, 0.15) is 33.6 Å². The van der Waals surface area contributed by atoms with E-state index in [-0.39, 0.29) is 0 Å². The summed E-state index contributed by atoms with van der Waals surface area (Å²) in [7, 11) is 1.77. The molecule has 0 aliphatic carbocycles. The summed E-state index contributed by atoms with van der Waals surface area (Å²) < 4.78 is 5.16. The molecule has 1 heterocycles. The van der Waals surface area contributed by atoms with E-state index in [0.29, 0.717) is 12.0 Å². The van der Waals surface area contributed by atoms with Crippen molar-refractivity contribution in [3.05, 3.63) is 30.6 Å². The summed E-state index contributed by atoms with van der Waals surface area (Å²) in [5.41, 5.74) is 0. The molecule has 0 saturated carbocycles. The average Bonchev–Trinajstić information content (AvgIpc) is 2.31. The van der Waals surface area contributed by atoms with Gasteiger partial charge in [0.2, 0.25) is 0 Å². The SMILES string of the molecule is CCCC(C)C(C)OC.c1ccncc1. The third-order valence-electron chi connectivity index (χ3n) is 2.48. The van der Waals surface area contributed by atoms with Crippen molar-refractivity contribution >= 4 is 0 Å². The lowest BCUT2D eigenvalue weighted by molar-refractivity contribution is 0.0701. The lowest BCUT2D eigenvalue weighted by Gasteiger charge is -2.16. The minimum absolute atomic E-state index is 0.421. The molecule has 1 rings (SSSR count). The second-order valence-electron chi connectivity index (χ2n) is 3.73. The molecule has 0 aromatic carbocycles.